The van der Waals surface area contributed by atoms with Crippen LogP contribution in [0.2, 0.25) is 5.15 Å². The van der Waals surface area contributed by atoms with Crippen molar-refractivity contribution in [1.29, 1.82) is 0 Å². The predicted octanol–water partition coefficient (Wildman–Crippen LogP) is 4.27. The summed E-state index contributed by atoms with van der Waals surface area (Å²) in [5.41, 5.74) is 0.386. The zero-order valence-corrected chi connectivity index (χ0v) is 13.6. The van der Waals surface area contributed by atoms with Gasteiger partial charge in [0.15, 0.2) is 0 Å². The molecule has 0 unspecified atom stereocenters. The van der Waals surface area contributed by atoms with Gasteiger partial charge in [0.25, 0.3) is 5.69 Å². The molecule has 1 aromatic heterocycles. The van der Waals surface area contributed by atoms with Gasteiger partial charge in [-0.2, -0.15) is 0 Å². The fraction of sp³-hybridized carbons (Fsp3) is 0.250. The van der Waals surface area contributed by atoms with Crippen molar-refractivity contribution in [3.8, 4) is 11.3 Å². The molecule has 6 nitrogen and oxygen atoms in total. The van der Waals surface area contributed by atoms with E-state index in [0.29, 0.717) is 11.3 Å². The molecule has 0 amide bonds. The number of carbonyl (C=O) groups is 1. The number of aromatic nitrogens is 1. The van der Waals surface area contributed by atoms with Crippen LogP contribution >= 0.6 is 11.6 Å². The molecule has 0 N–H and O–H groups in total. The Bertz CT molecular complexity index is 769. The first-order valence-electron chi connectivity index (χ1n) is 6.81. The highest BCUT2D eigenvalue weighted by Gasteiger charge is 2.19. The van der Waals surface area contributed by atoms with E-state index < -0.39 is 16.5 Å². The maximum atomic E-state index is 12.2. The molecule has 0 aliphatic carbocycles. The summed E-state index contributed by atoms with van der Waals surface area (Å²) < 4.78 is 5.30. The van der Waals surface area contributed by atoms with Crippen LogP contribution in [0.3, 0.4) is 0 Å². The van der Waals surface area contributed by atoms with E-state index in [-0.39, 0.29) is 16.4 Å². The average Bonchev–Trinajstić information content (AvgIpc) is 2.45. The average molecular weight is 335 g/mol. The first-order chi connectivity index (χ1) is 10.7. The fourth-order valence-electron chi connectivity index (χ4n) is 1.88. The number of hydrogen-bond donors (Lipinski definition) is 0. The second-order valence-corrected chi connectivity index (χ2v) is 6.26. The molecule has 0 bridgehead atoms. The van der Waals surface area contributed by atoms with Gasteiger partial charge in [-0.15, -0.1) is 0 Å². The third-order valence-corrected chi connectivity index (χ3v) is 2.98. The summed E-state index contributed by atoms with van der Waals surface area (Å²) in [6.07, 6.45) is 0. The summed E-state index contributed by atoms with van der Waals surface area (Å²) in [4.78, 5) is 26.6. The van der Waals surface area contributed by atoms with E-state index >= 15 is 0 Å². The van der Waals surface area contributed by atoms with Crippen LogP contribution in [0.5, 0.6) is 0 Å². The molecule has 0 aliphatic heterocycles. The van der Waals surface area contributed by atoms with Crippen molar-refractivity contribution in [1.82, 2.24) is 4.98 Å². The van der Waals surface area contributed by atoms with Crippen molar-refractivity contribution in [2.75, 3.05) is 0 Å². The Labute approximate surface area is 138 Å². The molecule has 0 radical (unpaired) electrons. The Kier molecular flexibility index (Phi) is 4.65. The summed E-state index contributed by atoms with van der Waals surface area (Å²) >= 11 is 5.96. The van der Waals surface area contributed by atoms with E-state index in [1.54, 1.807) is 32.9 Å². The molecule has 120 valence electrons. The van der Waals surface area contributed by atoms with Crippen LogP contribution in [0.4, 0.5) is 5.69 Å². The molecular weight excluding hydrogens is 320 g/mol. The lowest BCUT2D eigenvalue weighted by atomic mass is 10.1. The quantitative estimate of drug-likeness (QED) is 0.362. The van der Waals surface area contributed by atoms with Crippen molar-refractivity contribution >= 4 is 23.3 Å². The SMILES string of the molecule is CC(C)(C)OC(=O)c1cc(Cl)nc(-c2cccc([N+](=O)[O-])c2)c1. The molecule has 0 saturated heterocycles. The van der Waals surface area contributed by atoms with Gasteiger partial charge in [0, 0.05) is 17.7 Å². The van der Waals surface area contributed by atoms with Gasteiger partial charge >= 0.3 is 5.97 Å². The number of hydrogen-bond acceptors (Lipinski definition) is 5. The minimum absolute atomic E-state index is 0.0666. The van der Waals surface area contributed by atoms with Crippen LogP contribution in [0, 0.1) is 10.1 Å². The summed E-state index contributed by atoms with van der Waals surface area (Å²) in [7, 11) is 0. The van der Waals surface area contributed by atoms with Gasteiger partial charge in [0.05, 0.1) is 16.2 Å². The minimum Gasteiger partial charge on any atom is -0.456 e. The number of nitro benzene ring substituents is 1. The van der Waals surface area contributed by atoms with Gasteiger partial charge in [-0.3, -0.25) is 10.1 Å². The summed E-state index contributed by atoms with van der Waals surface area (Å²) in [6.45, 7) is 5.28. The Hall–Kier alpha value is -2.47. The molecule has 23 heavy (non-hydrogen) atoms. The third-order valence-electron chi connectivity index (χ3n) is 2.78. The van der Waals surface area contributed by atoms with Gasteiger partial charge in [-0.05, 0) is 32.9 Å². The van der Waals surface area contributed by atoms with Gasteiger partial charge in [0.2, 0.25) is 0 Å². The Morgan fingerprint density at radius 2 is 1.96 bits per heavy atom. The molecule has 0 atom stereocenters. The third kappa shape index (κ3) is 4.50. The lowest BCUT2D eigenvalue weighted by molar-refractivity contribution is -0.384. The number of nitrogens with zero attached hydrogens (tertiary/aromatic N) is 2. The number of pyridine rings is 1. The molecular formula is C16H15ClN2O4. The van der Waals surface area contributed by atoms with Crippen molar-refractivity contribution in [2.45, 2.75) is 26.4 Å². The number of carbonyl (C=O) groups excluding carboxylic acids is 1. The molecule has 0 fully saturated rings. The van der Waals surface area contributed by atoms with Crippen molar-refractivity contribution in [3.63, 3.8) is 0 Å². The maximum absolute atomic E-state index is 12.2. The van der Waals surface area contributed by atoms with Crippen LogP contribution in [0.15, 0.2) is 36.4 Å². The van der Waals surface area contributed by atoms with Gasteiger partial charge in [0.1, 0.15) is 10.8 Å². The normalized spacial score (nSPS) is 11.1. The zero-order chi connectivity index (χ0) is 17.2. The largest absolute Gasteiger partial charge is 0.456 e. The van der Waals surface area contributed by atoms with Gasteiger partial charge < -0.3 is 4.74 Å². The van der Waals surface area contributed by atoms with E-state index in [9.17, 15) is 14.9 Å². The number of non-ortho nitro benzene ring substituents is 1. The van der Waals surface area contributed by atoms with Crippen LogP contribution in [-0.2, 0) is 4.74 Å². The Morgan fingerprint density at radius 1 is 1.26 bits per heavy atom. The standard InChI is InChI=1S/C16H15ClN2O4/c1-16(2,3)23-15(20)11-8-13(18-14(17)9-11)10-5-4-6-12(7-10)19(21)22/h4-9H,1-3H3. The molecule has 1 heterocycles. The lowest BCUT2D eigenvalue weighted by Gasteiger charge is -2.19. The zero-order valence-electron chi connectivity index (χ0n) is 12.9. The molecule has 0 saturated carbocycles. The number of benzene rings is 1. The van der Waals surface area contributed by atoms with E-state index in [2.05, 4.69) is 4.98 Å². The topological polar surface area (TPSA) is 82.3 Å². The highest BCUT2D eigenvalue weighted by Crippen LogP contribution is 2.25. The first kappa shape index (κ1) is 16.9. The Morgan fingerprint density at radius 3 is 2.57 bits per heavy atom. The second-order valence-electron chi connectivity index (χ2n) is 5.87. The summed E-state index contributed by atoms with van der Waals surface area (Å²) in [6, 6.07) is 8.85. The van der Waals surface area contributed by atoms with E-state index in [0.717, 1.165) is 0 Å². The highest BCUT2D eigenvalue weighted by atomic mass is 35.5. The second kappa shape index (κ2) is 6.34. The molecule has 2 aromatic rings. The number of ether oxygens (including phenoxy) is 1. The van der Waals surface area contributed by atoms with Crippen LogP contribution < -0.4 is 0 Å². The Balaban J connectivity index is 2.43. The maximum Gasteiger partial charge on any atom is 0.338 e. The monoisotopic (exact) mass is 334 g/mol. The van der Waals surface area contributed by atoms with Gasteiger partial charge in [-0.25, -0.2) is 9.78 Å². The first-order valence-corrected chi connectivity index (χ1v) is 7.19. The number of halogens is 1. The lowest BCUT2D eigenvalue weighted by Crippen LogP contribution is -2.24. The highest BCUT2D eigenvalue weighted by molar-refractivity contribution is 6.29. The summed E-state index contributed by atoms with van der Waals surface area (Å²) in [5, 5.41) is 11.0. The number of nitro groups is 1. The van der Waals surface area contributed by atoms with Crippen molar-refractivity contribution in [2.24, 2.45) is 0 Å². The summed E-state index contributed by atoms with van der Waals surface area (Å²) in [5.74, 6) is -0.534. The van der Waals surface area contributed by atoms with Gasteiger partial charge in [-0.1, -0.05) is 23.7 Å². The smallest absolute Gasteiger partial charge is 0.338 e. The van der Waals surface area contributed by atoms with Crippen LogP contribution in [0.1, 0.15) is 31.1 Å². The van der Waals surface area contributed by atoms with E-state index in [1.807, 2.05) is 0 Å². The predicted molar refractivity (Wildman–Crippen MR) is 86.5 cm³/mol. The van der Waals surface area contributed by atoms with Crippen molar-refractivity contribution in [3.05, 3.63) is 57.2 Å². The molecule has 2 rings (SSSR count). The molecule has 0 aliphatic rings. The van der Waals surface area contributed by atoms with E-state index in [4.69, 9.17) is 16.3 Å². The number of esters is 1. The van der Waals surface area contributed by atoms with Crippen LogP contribution in [-0.4, -0.2) is 21.5 Å². The van der Waals surface area contributed by atoms with Crippen LogP contribution in [0.25, 0.3) is 11.3 Å². The van der Waals surface area contributed by atoms with E-state index in [1.165, 1.54) is 24.3 Å². The fourth-order valence-corrected chi connectivity index (χ4v) is 2.09. The molecule has 0 spiro atoms. The molecule has 1 aromatic carbocycles. The molecule has 7 heteroatoms. The minimum atomic E-state index is -0.640. The van der Waals surface area contributed by atoms with Crippen molar-refractivity contribution < 1.29 is 14.5 Å². The number of rotatable bonds is 3.